The van der Waals surface area contributed by atoms with Crippen molar-refractivity contribution in [2.45, 2.75) is 57.7 Å². The first-order valence-electron chi connectivity index (χ1n) is 10.6. The third-order valence-electron chi connectivity index (χ3n) is 7.51. The molecule has 3 aliphatic heterocycles. The number of nitrogens with zero attached hydrogens (tertiary/aromatic N) is 3. The lowest BCUT2D eigenvalue weighted by molar-refractivity contribution is -0.127. The molecule has 28 heavy (non-hydrogen) atoms. The molecule has 4 heterocycles. The van der Waals surface area contributed by atoms with Crippen LogP contribution in [0.25, 0.3) is 0 Å². The Hall–Kier alpha value is -2.13. The summed E-state index contributed by atoms with van der Waals surface area (Å²) in [6.07, 6.45) is 5.65. The molecular formula is C22H28N4O2. The van der Waals surface area contributed by atoms with E-state index in [1.165, 1.54) is 6.42 Å². The summed E-state index contributed by atoms with van der Waals surface area (Å²) in [5.74, 6) is 2.00. The molecule has 1 amide bonds. The lowest BCUT2D eigenvalue weighted by atomic mass is 9.73. The van der Waals surface area contributed by atoms with E-state index in [0.717, 1.165) is 55.8 Å². The summed E-state index contributed by atoms with van der Waals surface area (Å²) in [7, 11) is 0. The summed E-state index contributed by atoms with van der Waals surface area (Å²) in [5, 5.41) is 12.9. The smallest absolute Gasteiger partial charge is 0.223 e. The van der Waals surface area contributed by atoms with E-state index in [2.05, 4.69) is 16.3 Å². The fourth-order valence-electron chi connectivity index (χ4n) is 5.84. The van der Waals surface area contributed by atoms with Gasteiger partial charge in [-0.05, 0) is 51.2 Å². The molecule has 0 aromatic carbocycles. The van der Waals surface area contributed by atoms with Crippen molar-refractivity contribution in [3.63, 3.8) is 0 Å². The number of fused-ring (bicyclic) bond motifs is 1. The maximum Gasteiger partial charge on any atom is 0.223 e. The highest BCUT2D eigenvalue weighted by atomic mass is 16.5. The van der Waals surface area contributed by atoms with Crippen molar-refractivity contribution in [2.24, 2.45) is 17.8 Å². The first kappa shape index (κ1) is 17.9. The number of nitriles is 1. The number of aryl methyl sites for hydroxylation is 2. The number of hydrogen-bond donors (Lipinski definition) is 1. The fraction of sp³-hybridized carbons (Fsp3) is 0.682. The summed E-state index contributed by atoms with van der Waals surface area (Å²) < 4.78 is 6.51. The molecule has 5 rings (SSSR count). The summed E-state index contributed by atoms with van der Waals surface area (Å²) in [4.78, 5) is 19.3. The maximum atomic E-state index is 12.3. The van der Waals surface area contributed by atoms with Crippen LogP contribution in [0.15, 0.2) is 6.07 Å². The molecule has 0 radical (unpaired) electrons. The first-order chi connectivity index (χ1) is 13.5. The normalized spacial score (nSPS) is 33.5. The predicted octanol–water partition coefficient (Wildman–Crippen LogP) is 2.47. The number of hydrogen-bond acceptors (Lipinski definition) is 5. The molecule has 4 fully saturated rings. The molecule has 1 aliphatic carbocycles. The summed E-state index contributed by atoms with van der Waals surface area (Å²) in [6, 6.07) is 4.32. The van der Waals surface area contributed by atoms with Gasteiger partial charge in [0, 0.05) is 43.1 Å². The molecule has 4 aliphatic rings. The second kappa shape index (κ2) is 6.45. The molecule has 6 heteroatoms. The standard InChI is InChI=1S/C22H28N4O2/c1-13-8-14(2)25-20(16(13)9-23)26-11-18-17(10-24-21(27)15-4-3-5-15)19-6-7-22(18,12-26)28-19/h8,15,17-19H,3-7,10-12H2,1-2H3,(H,24,27)/t17-,18+,19+,22+/m0/s1. The van der Waals surface area contributed by atoms with E-state index in [1.54, 1.807) is 0 Å². The minimum atomic E-state index is -0.136. The van der Waals surface area contributed by atoms with E-state index < -0.39 is 0 Å². The molecule has 1 aromatic rings. The Morgan fingerprint density at radius 1 is 1.43 bits per heavy atom. The lowest BCUT2D eigenvalue weighted by Gasteiger charge is -2.30. The van der Waals surface area contributed by atoms with Crippen molar-refractivity contribution in [3.05, 3.63) is 22.9 Å². The number of ether oxygens (including phenoxy) is 1. The van der Waals surface area contributed by atoms with Crippen LogP contribution in [0.5, 0.6) is 0 Å². The van der Waals surface area contributed by atoms with E-state index >= 15 is 0 Å². The molecule has 2 bridgehead atoms. The lowest BCUT2D eigenvalue weighted by Crippen LogP contribution is -2.44. The van der Waals surface area contributed by atoms with Crippen molar-refractivity contribution in [1.82, 2.24) is 10.3 Å². The van der Waals surface area contributed by atoms with Gasteiger partial charge in [0.2, 0.25) is 5.91 Å². The summed E-state index contributed by atoms with van der Waals surface area (Å²) in [5.41, 5.74) is 2.46. The Bertz CT molecular complexity index is 859. The molecular weight excluding hydrogens is 352 g/mol. The summed E-state index contributed by atoms with van der Waals surface area (Å²) in [6.45, 7) is 6.32. The quantitative estimate of drug-likeness (QED) is 0.868. The second-order valence-electron chi connectivity index (χ2n) is 9.17. The zero-order valence-electron chi connectivity index (χ0n) is 16.7. The number of carbonyl (C=O) groups excluding carboxylic acids is 1. The van der Waals surface area contributed by atoms with Crippen LogP contribution in [0.3, 0.4) is 0 Å². The van der Waals surface area contributed by atoms with Crippen molar-refractivity contribution in [1.29, 1.82) is 5.26 Å². The number of nitrogens with one attached hydrogen (secondary N) is 1. The van der Waals surface area contributed by atoms with Crippen LogP contribution in [-0.2, 0) is 9.53 Å². The maximum absolute atomic E-state index is 12.3. The van der Waals surface area contributed by atoms with Gasteiger partial charge < -0.3 is 15.0 Å². The average molecular weight is 380 g/mol. The molecule has 1 N–H and O–H groups in total. The highest BCUT2D eigenvalue weighted by Crippen LogP contribution is 2.55. The first-order valence-corrected chi connectivity index (χ1v) is 10.6. The van der Waals surface area contributed by atoms with Gasteiger partial charge in [-0.25, -0.2) is 4.98 Å². The number of anilines is 1. The minimum Gasteiger partial charge on any atom is -0.369 e. The highest BCUT2D eigenvalue weighted by molar-refractivity contribution is 5.79. The molecule has 1 aromatic heterocycles. The Balaban J connectivity index is 1.36. The average Bonchev–Trinajstić information content (AvgIpc) is 3.26. The van der Waals surface area contributed by atoms with E-state index in [4.69, 9.17) is 9.72 Å². The van der Waals surface area contributed by atoms with E-state index in [9.17, 15) is 10.1 Å². The molecule has 148 valence electrons. The highest BCUT2D eigenvalue weighted by Gasteiger charge is 2.63. The van der Waals surface area contributed by atoms with Crippen molar-refractivity contribution >= 4 is 11.7 Å². The zero-order valence-corrected chi connectivity index (χ0v) is 16.7. The van der Waals surface area contributed by atoms with Crippen LogP contribution >= 0.6 is 0 Å². The molecule has 1 saturated carbocycles. The molecule has 0 unspecified atom stereocenters. The van der Waals surface area contributed by atoms with Crippen molar-refractivity contribution in [3.8, 4) is 6.07 Å². The van der Waals surface area contributed by atoms with Crippen LogP contribution in [-0.4, -0.2) is 42.2 Å². The number of aromatic nitrogens is 1. The third-order valence-corrected chi connectivity index (χ3v) is 7.51. The van der Waals surface area contributed by atoms with Gasteiger partial charge in [-0.2, -0.15) is 5.26 Å². The van der Waals surface area contributed by atoms with Gasteiger partial charge in [-0.1, -0.05) is 6.42 Å². The third kappa shape index (κ3) is 2.63. The van der Waals surface area contributed by atoms with E-state index in [0.29, 0.717) is 23.9 Å². The zero-order chi connectivity index (χ0) is 19.5. The van der Waals surface area contributed by atoms with Crippen LogP contribution in [0.1, 0.15) is 48.9 Å². The van der Waals surface area contributed by atoms with Gasteiger partial charge in [-0.3, -0.25) is 4.79 Å². The summed E-state index contributed by atoms with van der Waals surface area (Å²) >= 11 is 0. The van der Waals surface area contributed by atoms with Gasteiger partial charge in [0.25, 0.3) is 0 Å². The topological polar surface area (TPSA) is 78.2 Å². The van der Waals surface area contributed by atoms with Crippen molar-refractivity contribution in [2.75, 3.05) is 24.5 Å². The van der Waals surface area contributed by atoms with Gasteiger partial charge in [0.15, 0.2) is 0 Å². The van der Waals surface area contributed by atoms with Gasteiger partial charge in [-0.15, -0.1) is 0 Å². The predicted molar refractivity (Wildman–Crippen MR) is 105 cm³/mol. The molecule has 4 atom stereocenters. The Kier molecular flexibility index (Phi) is 4.13. The Labute approximate surface area is 166 Å². The number of carbonyl (C=O) groups is 1. The number of rotatable bonds is 4. The Morgan fingerprint density at radius 3 is 2.96 bits per heavy atom. The van der Waals surface area contributed by atoms with E-state index in [1.807, 2.05) is 19.9 Å². The van der Waals surface area contributed by atoms with Gasteiger partial charge >= 0.3 is 0 Å². The van der Waals surface area contributed by atoms with Crippen LogP contribution in [0.4, 0.5) is 5.82 Å². The van der Waals surface area contributed by atoms with Gasteiger partial charge in [0.1, 0.15) is 11.9 Å². The van der Waals surface area contributed by atoms with E-state index in [-0.39, 0.29) is 23.5 Å². The second-order valence-corrected chi connectivity index (χ2v) is 9.17. The fourth-order valence-corrected chi connectivity index (χ4v) is 5.84. The minimum absolute atomic E-state index is 0.136. The van der Waals surface area contributed by atoms with Gasteiger partial charge in [0.05, 0.1) is 17.3 Å². The molecule has 3 saturated heterocycles. The number of pyridine rings is 1. The molecule has 1 spiro atoms. The van der Waals surface area contributed by atoms with Crippen LogP contribution < -0.4 is 10.2 Å². The van der Waals surface area contributed by atoms with Crippen molar-refractivity contribution < 1.29 is 9.53 Å². The van der Waals surface area contributed by atoms with Crippen LogP contribution in [0, 0.1) is 42.9 Å². The molecule has 6 nitrogen and oxygen atoms in total. The largest absolute Gasteiger partial charge is 0.369 e. The number of amides is 1. The Morgan fingerprint density at radius 2 is 2.25 bits per heavy atom. The monoisotopic (exact) mass is 380 g/mol. The SMILES string of the molecule is Cc1cc(C)c(C#N)c(N2C[C@@H]3[C@H](CNC(=O)C4CCC4)[C@H]4CC[C@]3(C2)O4)n1. The van der Waals surface area contributed by atoms with Crippen LogP contribution in [0.2, 0.25) is 0 Å².